The number of urea groups is 1. The van der Waals surface area contributed by atoms with Gasteiger partial charge in [-0.25, -0.2) is 9.69 Å². The number of anilines is 2. The van der Waals surface area contributed by atoms with Crippen molar-refractivity contribution in [3.8, 4) is 5.75 Å². The molecule has 3 amide bonds. The Kier molecular flexibility index (Phi) is 3.95. The van der Waals surface area contributed by atoms with E-state index in [0.29, 0.717) is 24.1 Å². The standard InChI is InChI=1S/C18H15F3N4O3/c19-18(20,21)28-13-3-1-12(2-4-13)25-15(26)17(6-7-17)24(16(25)27)10-11-5-8-23-9-14(11)22/h1-5,8-9H,6-7,10,22H2. The van der Waals surface area contributed by atoms with Crippen molar-refractivity contribution >= 4 is 23.3 Å². The summed E-state index contributed by atoms with van der Waals surface area (Å²) in [5.41, 5.74) is 6.23. The first-order chi connectivity index (χ1) is 13.2. The molecule has 146 valence electrons. The van der Waals surface area contributed by atoms with Crippen molar-refractivity contribution < 1.29 is 27.5 Å². The van der Waals surface area contributed by atoms with E-state index in [9.17, 15) is 22.8 Å². The van der Waals surface area contributed by atoms with E-state index in [0.717, 1.165) is 17.0 Å². The van der Waals surface area contributed by atoms with Crippen LogP contribution in [0, 0.1) is 0 Å². The lowest BCUT2D eigenvalue weighted by Gasteiger charge is -2.22. The number of aromatic nitrogens is 1. The maximum Gasteiger partial charge on any atom is 0.573 e. The van der Waals surface area contributed by atoms with Crippen LogP contribution in [0.5, 0.6) is 5.75 Å². The maximum atomic E-state index is 13.0. The van der Waals surface area contributed by atoms with Gasteiger partial charge in [0.2, 0.25) is 0 Å². The summed E-state index contributed by atoms with van der Waals surface area (Å²) < 4.78 is 40.7. The Balaban J connectivity index is 1.60. The third-order valence-electron chi connectivity index (χ3n) is 4.87. The highest BCUT2D eigenvalue weighted by molar-refractivity contribution is 6.24. The number of nitrogen functional groups attached to an aromatic ring is 1. The molecule has 2 N–H and O–H groups in total. The fraction of sp³-hybridized carbons (Fsp3) is 0.278. The van der Waals surface area contributed by atoms with Crippen LogP contribution in [0.3, 0.4) is 0 Å². The quantitative estimate of drug-likeness (QED) is 0.808. The summed E-state index contributed by atoms with van der Waals surface area (Å²) in [7, 11) is 0. The molecule has 2 fully saturated rings. The Morgan fingerprint density at radius 2 is 1.82 bits per heavy atom. The third kappa shape index (κ3) is 3.00. The van der Waals surface area contributed by atoms with E-state index in [1.807, 2.05) is 0 Å². The molecule has 2 aliphatic rings. The van der Waals surface area contributed by atoms with Crippen LogP contribution in [-0.2, 0) is 11.3 Å². The van der Waals surface area contributed by atoms with Gasteiger partial charge >= 0.3 is 12.4 Å². The average molecular weight is 392 g/mol. The van der Waals surface area contributed by atoms with Crippen molar-refractivity contribution in [2.45, 2.75) is 31.3 Å². The number of carbonyl (C=O) groups excluding carboxylic acids is 2. The zero-order chi connectivity index (χ0) is 20.1. The monoisotopic (exact) mass is 392 g/mol. The van der Waals surface area contributed by atoms with Crippen LogP contribution < -0.4 is 15.4 Å². The topological polar surface area (TPSA) is 88.8 Å². The summed E-state index contributed by atoms with van der Waals surface area (Å²) in [5.74, 6) is -0.826. The number of nitrogens with two attached hydrogens (primary N) is 1. The molecule has 1 saturated heterocycles. The summed E-state index contributed by atoms with van der Waals surface area (Å²) in [6, 6.07) is 5.76. The number of halogens is 3. The van der Waals surface area contributed by atoms with Gasteiger partial charge in [0.1, 0.15) is 11.3 Å². The number of amides is 3. The second-order valence-corrected chi connectivity index (χ2v) is 6.66. The van der Waals surface area contributed by atoms with Crippen LogP contribution in [0.2, 0.25) is 0 Å². The number of nitrogens with zero attached hydrogens (tertiary/aromatic N) is 3. The third-order valence-corrected chi connectivity index (χ3v) is 4.87. The Morgan fingerprint density at radius 1 is 1.14 bits per heavy atom. The highest BCUT2D eigenvalue weighted by Crippen LogP contribution is 2.50. The molecular formula is C18H15F3N4O3. The van der Waals surface area contributed by atoms with E-state index in [-0.39, 0.29) is 12.2 Å². The van der Waals surface area contributed by atoms with Crippen molar-refractivity contribution in [3.63, 3.8) is 0 Å². The number of pyridine rings is 1. The highest BCUT2D eigenvalue weighted by Gasteiger charge is 2.65. The van der Waals surface area contributed by atoms with Gasteiger partial charge in [-0.05, 0) is 48.7 Å². The van der Waals surface area contributed by atoms with Gasteiger partial charge in [0.05, 0.1) is 24.1 Å². The number of benzene rings is 1. The van der Waals surface area contributed by atoms with E-state index >= 15 is 0 Å². The first-order valence-electron chi connectivity index (χ1n) is 8.42. The normalized spacial score (nSPS) is 18.1. The molecule has 1 saturated carbocycles. The van der Waals surface area contributed by atoms with Crippen molar-refractivity contribution in [2.24, 2.45) is 0 Å². The zero-order valence-corrected chi connectivity index (χ0v) is 14.4. The van der Waals surface area contributed by atoms with Crippen molar-refractivity contribution in [3.05, 3.63) is 48.3 Å². The fourth-order valence-electron chi connectivity index (χ4n) is 3.31. The number of imide groups is 1. The summed E-state index contributed by atoms with van der Waals surface area (Å²) >= 11 is 0. The minimum absolute atomic E-state index is 0.144. The molecule has 0 radical (unpaired) electrons. The second kappa shape index (κ2) is 6.11. The first-order valence-corrected chi connectivity index (χ1v) is 8.42. The molecule has 1 aliphatic carbocycles. The molecule has 4 rings (SSSR count). The maximum absolute atomic E-state index is 13.0. The van der Waals surface area contributed by atoms with Crippen molar-refractivity contribution in [1.29, 1.82) is 0 Å². The van der Waals surface area contributed by atoms with Gasteiger partial charge in [0.15, 0.2) is 0 Å². The predicted octanol–water partition coefficient (Wildman–Crippen LogP) is 3.06. The summed E-state index contributed by atoms with van der Waals surface area (Å²) in [5, 5.41) is 0. The van der Waals surface area contributed by atoms with E-state index in [4.69, 9.17) is 5.73 Å². The summed E-state index contributed by atoms with van der Waals surface area (Å²) in [4.78, 5) is 32.2. The van der Waals surface area contributed by atoms with Gasteiger partial charge < -0.3 is 15.4 Å². The average Bonchev–Trinajstić information content (AvgIpc) is 3.39. The van der Waals surface area contributed by atoms with Crippen molar-refractivity contribution in [1.82, 2.24) is 9.88 Å². The van der Waals surface area contributed by atoms with Gasteiger partial charge in [0.25, 0.3) is 5.91 Å². The second-order valence-electron chi connectivity index (χ2n) is 6.66. The molecule has 1 spiro atoms. The van der Waals surface area contributed by atoms with Crippen LogP contribution in [0.1, 0.15) is 18.4 Å². The Labute approximate surface area is 157 Å². The molecule has 2 aromatic rings. The number of carbonyl (C=O) groups is 2. The van der Waals surface area contributed by atoms with Gasteiger partial charge in [-0.3, -0.25) is 9.78 Å². The number of alkyl halides is 3. The lowest BCUT2D eigenvalue weighted by atomic mass is 10.1. The molecule has 0 bridgehead atoms. The number of hydrogen-bond acceptors (Lipinski definition) is 5. The Bertz CT molecular complexity index is 942. The minimum atomic E-state index is -4.82. The largest absolute Gasteiger partial charge is 0.573 e. The predicted molar refractivity (Wildman–Crippen MR) is 92.2 cm³/mol. The molecule has 1 aromatic heterocycles. The lowest BCUT2D eigenvalue weighted by Crippen LogP contribution is -2.36. The lowest BCUT2D eigenvalue weighted by molar-refractivity contribution is -0.274. The summed E-state index contributed by atoms with van der Waals surface area (Å²) in [6.45, 7) is 0.144. The molecule has 2 heterocycles. The molecule has 28 heavy (non-hydrogen) atoms. The smallest absolute Gasteiger partial charge is 0.406 e. The van der Waals surface area contributed by atoms with Crippen LogP contribution in [0.4, 0.5) is 29.3 Å². The SMILES string of the molecule is Nc1cnccc1CN1C(=O)N(c2ccc(OC(F)(F)F)cc2)C(=O)C12CC2. The van der Waals surface area contributed by atoms with Crippen LogP contribution in [-0.4, -0.2) is 33.7 Å². The minimum Gasteiger partial charge on any atom is -0.406 e. The van der Waals surface area contributed by atoms with Crippen LogP contribution in [0.15, 0.2) is 42.7 Å². The number of rotatable bonds is 4. The van der Waals surface area contributed by atoms with Crippen LogP contribution >= 0.6 is 0 Å². The van der Waals surface area contributed by atoms with Crippen molar-refractivity contribution in [2.75, 3.05) is 10.6 Å². The zero-order valence-electron chi connectivity index (χ0n) is 14.4. The Morgan fingerprint density at radius 3 is 2.39 bits per heavy atom. The molecule has 0 unspecified atom stereocenters. The van der Waals surface area contributed by atoms with Gasteiger partial charge in [-0.15, -0.1) is 13.2 Å². The van der Waals surface area contributed by atoms with Gasteiger partial charge in [-0.1, -0.05) is 0 Å². The van der Waals surface area contributed by atoms with Gasteiger partial charge in [-0.2, -0.15) is 0 Å². The van der Waals surface area contributed by atoms with Crippen LogP contribution in [0.25, 0.3) is 0 Å². The van der Waals surface area contributed by atoms with E-state index in [2.05, 4.69) is 9.72 Å². The highest BCUT2D eigenvalue weighted by atomic mass is 19.4. The number of ether oxygens (including phenoxy) is 1. The van der Waals surface area contributed by atoms with Gasteiger partial charge in [0, 0.05) is 6.20 Å². The Hall–Kier alpha value is -3.30. The molecule has 1 aromatic carbocycles. The van der Waals surface area contributed by atoms with E-state index in [1.54, 1.807) is 12.3 Å². The van der Waals surface area contributed by atoms with E-state index in [1.165, 1.54) is 23.2 Å². The molecule has 0 atom stereocenters. The molecule has 10 heteroatoms. The molecular weight excluding hydrogens is 377 g/mol. The first kappa shape index (κ1) is 18.1. The fourth-order valence-corrected chi connectivity index (χ4v) is 3.31. The van der Waals surface area contributed by atoms with E-state index < -0.39 is 29.6 Å². The molecule has 1 aliphatic heterocycles. The number of hydrogen-bond donors (Lipinski definition) is 1. The molecule has 7 nitrogen and oxygen atoms in total. The summed E-state index contributed by atoms with van der Waals surface area (Å²) in [6.07, 6.45) is -0.762.